The predicted octanol–water partition coefficient (Wildman–Crippen LogP) is 4.11. The number of fused-ring (bicyclic) bond motifs is 1. The van der Waals surface area contributed by atoms with E-state index in [1.807, 2.05) is 36.4 Å². The Bertz CT molecular complexity index is 1080. The molecular formula is C23H25N5O3. The molecule has 1 aliphatic rings. The summed E-state index contributed by atoms with van der Waals surface area (Å²) in [5.41, 5.74) is 4.93. The van der Waals surface area contributed by atoms with Gasteiger partial charge in [0.05, 0.1) is 23.6 Å². The smallest absolute Gasteiger partial charge is 0.320 e. The summed E-state index contributed by atoms with van der Waals surface area (Å²) in [5, 5.41) is 8.85. The van der Waals surface area contributed by atoms with Crippen molar-refractivity contribution in [1.82, 2.24) is 15.3 Å². The number of aromatic amines is 1. The second kappa shape index (κ2) is 9.44. The van der Waals surface area contributed by atoms with E-state index in [0.717, 1.165) is 41.2 Å². The molecule has 0 atom stereocenters. The molecule has 0 unspecified atom stereocenters. The fourth-order valence-corrected chi connectivity index (χ4v) is 3.69. The molecule has 1 aliphatic carbocycles. The molecule has 31 heavy (non-hydrogen) atoms. The van der Waals surface area contributed by atoms with E-state index in [1.165, 1.54) is 0 Å². The molecule has 0 aliphatic heterocycles. The normalized spacial score (nSPS) is 12.9. The molecule has 0 fully saturated rings. The van der Waals surface area contributed by atoms with Crippen molar-refractivity contribution in [3.8, 4) is 11.3 Å². The number of Topliss-reactive ketones (excluding diaryl/α,β-unsaturated/α-hetero) is 1. The van der Waals surface area contributed by atoms with Crippen molar-refractivity contribution in [2.45, 2.75) is 19.3 Å². The quantitative estimate of drug-likeness (QED) is 0.431. The van der Waals surface area contributed by atoms with Crippen LogP contribution in [0.3, 0.4) is 0 Å². The number of carbonyl (C=O) groups is 2. The first kappa shape index (κ1) is 20.6. The van der Waals surface area contributed by atoms with Crippen LogP contribution in [-0.4, -0.2) is 42.0 Å². The average molecular weight is 419 g/mol. The number of urea groups is 1. The van der Waals surface area contributed by atoms with Crippen LogP contribution >= 0.6 is 0 Å². The van der Waals surface area contributed by atoms with Crippen molar-refractivity contribution < 1.29 is 14.3 Å². The number of rotatable bonds is 7. The van der Waals surface area contributed by atoms with Crippen LogP contribution in [0.5, 0.6) is 0 Å². The topological polar surface area (TPSA) is 108 Å². The van der Waals surface area contributed by atoms with E-state index in [4.69, 9.17) is 4.74 Å². The summed E-state index contributed by atoms with van der Waals surface area (Å²) in [6.45, 7) is 0.829. The fourth-order valence-electron chi connectivity index (χ4n) is 3.69. The van der Waals surface area contributed by atoms with E-state index in [-0.39, 0.29) is 11.8 Å². The van der Waals surface area contributed by atoms with E-state index >= 15 is 0 Å². The van der Waals surface area contributed by atoms with Gasteiger partial charge in [0.1, 0.15) is 5.82 Å². The fraction of sp³-hybridized carbons (Fsp3) is 0.261. The van der Waals surface area contributed by atoms with Crippen molar-refractivity contribution in [1.29, 1.82) is 0 Å². The minimum Gasteiger partial charge on any atom is -0.383 e. The number of pyridine rings is 1. The number of amides is 2. The molecule has 3 aromatic rings. The standard InChI is InChI=1S/C23H25N5O3/c1-31-13-12-25-23(30)28-19-14-15(10-11-24-19)21-22(26-16-6-3-2-4-7-16)20-17(27-21)8-5-9-18(20)29/h2-4,6-7,10-11,14,26-27H,5,8-9,12-13H2,1H3,(H2,24,25,28,30). The molecule has 2 amide bonds. The molecule has 0 bridgehead atoms. The van der Waals surface area contributed by atoms with Gasteiger partial charge >= 0.3 is 6.03 Å². The Kier molecular flexibility index (Phi) is 6.28. The van der Waals surface area contributed by atoms with Crippen molar-refractivity contribution in [3.05, 3.63) is 59.9 Å². The number of ketones is 1. The summed E-state index contributed by atoms with van der Waals surface area (Å²) >= 11 is 0. The van der Waals surface area contributed by atoms with Gasteiger partial charge in [0.15, 0.2) is 5.78 Å². The van der Waals surface area contributed by atoms with Crippen molar-refractivity contribution in [3.63, 3.8) is 0 Å². The van der Waals surface area contributed by atoms with E-state index in [2.05, 4.69) is 25.9 Å². The molecular weight excluding hydrogens is 394 g/mol. The van der Waals surface area contributed by atoms with E-state index in [9.17, 15) is 9.59 Å². The van der Waals surface area contributed by atoms with Gasteiger partial charge in [0.25, 0.3) is 0 Å². The summed E-state index contributed by atoms with van der Waals surface area (Å²) in [4.78, 5) is 32.5. The summed E-state index contributed by atoms with van der Waals surface area (Å²) in [7, 11) is 1.58. The van der Waals surface area contributed by atoms with Gasteiger partial charge in [-0.25, -0.2) is 9.78 Å². The maximum atomic E-state index is 12.7. The van der Waals surface area contributed by atoms with Crippen LogP contribution < -0.4 is 16.0 Å². The molecule has 1 aromatic carbocycles. The first-order valence-corrected chi connectivity index (χ1v) is 10.3. The number of methoxy groups -OCH3 is 1. The Balaban J connectivity index is 1.66. The third-order valence-corrected chi connectivity index (χ3v) is 5.11. The lowest BCUT2D eigenvalue weighted by molar-refractivity contribution is 0.0973. The zero-order valence-corrected chi connectivity index (χ0v) is 17.3. The number of aryl methyl sites for hydroxylation is 1. The van der Waals surface area contributed by atoms with Crippen LogP contribution in [0.1, 0.15) is 28.9 Å². The van der Waals surface area contributed by atoms with Crippen molar-refractivity contribution >= 4 is 29.0 Å². The number of aromatic nitrogens is 2. The Hall–Kier alpha value is -3.65. The molecule has 0 radical (unpaired) electrons. The van der Waals surface area contributed by atoms with Crippen LogP contribution in [-0.2, 0) is 11.2 Å². The summed E-state index contributed by atoms with van der Waals surface area (Å²) in [6, 6.07) is 13.0. The van der Waals surface area contributed by atoms with Crippen LogP contribution in [0, 0.1) is 0 Å². The number of benzene rings is 1. The highest BCUT2D eigenvalue weighted by Crippen LogP contribution is 2.39. The maximum absolute atomic E-state index is 12.7. The lowest BCUT2D eigenvalue weighted by atomic mass is 9.95. The molecule has 2 heterocycles. The largest absolute Gasteiger partial charge is 0.383 e. The number of anilines is 3. The summed E-state index contributed by atoms with van der Waals surface area (Å²) < 4.78 is 4.93. The van der Waals surface area contributed by atoms with Crippen molar-refractivity contribution in [2.24, 2.45) is 0 Å². The van der Waals surface area contributed by atoms with E-state index in [0.29, 0.717) is 31.0 Å². The van der Waals surface area contributed by atoms with Gasteiger partial charge < -0.3 is 20.4 Å². The Labute approximate surface area is 180 Å². The molecule has 4 N–H and O–H groups in total. The van der Waals surface area contributed by atoms with Gasteiger partial charge in [-0.05, 0) is 37.1 Å². The molecule has 4 rings (SSSR count). The third-order valence-electron chi connectivity index (χ3n) is 5.11. The number of carbonyl (C=O) groups excluding carboxylic acids is 2. The highest BCUT2D eigenvalue weighted by atomic mass is 16.5. The summed E-state index contributed by atoms with van der Waals surface area (Å²) in [6.07, 6.45) is 3.83. The Morgan fingerprint density at radius 2 is 2.03 bits per heavy atom. The molecule has 0 saturated heterocycles. The minimum absolute atomic E-state index is 0.132. The number of H-pyrrole nitrogens is 1. The zero-order valence-electron chi connectivity index (χ0n) is 17.3. The van der Waals surface area contributed by atoms with Gasteiger partial charge in [-0.3, -0.25) is 10.1 Å². The maximum Gasteiger partial charge on any atom is 0.320 e. The van der Waals surface area contributed by atoms with Crippen molar-refractivity contribution in [2.75, 3.05) is 30.9 Å². The number of hydrogen-bond acceptors (Lipinski definition) is 5. The lowest BCUT2D eigenvalue weighted by Gasteiger charge is -2.14. The SMILES string of the molecule is COCCNC(=O)Nc1cc(-c2[nH]c3c(c2Nc2ccccc2)C(=O)CCC3)ccn1. The first-order valence-electron chi connectivity index (χ1n) is 10.3. The Morgan fingerprint density at radius 1 is 1.19 bits per heavy atom. The second-order valence-corrected chi connectivity index (χ2v) is 7.30. The third kappa shape index (κ3) is 4.75. The zero-order chi connectivity index (χ0) is 21.6. The molecule has 2 aromatic heterocycles. The van der Waals surface area contributed by atoms with E-state index < -0.39 is 0 Å². The molecule has 0 spiro atoms. The molecule has 0 saturated carbocycles. The number of ether oxygens (including phenoxy) is 1. The van der Waals surface area contributed by atoms with Gasteiger partial charge in [-0.15, -0.1) is 0 Å². The van der Waals surface area contributed by atoms with Crippen LogP contribution in [0.15, 0.2) is 48.7 Å². The van der Waals surface area contributed by atoms with Gasteiger partial charge in [-0.2, -0.15) is 0 Å². The van der Waals surface area contributed by atoms with Crippen LogP contribution in [0.2, 0.25) is 0 Å². The van der Waals surface area contributed by atoms with E-state index in [1.54, 1.807) is 19.4 Å². The average Bonchev–Trinajstić information content (AvgIpc) is 3.14. The lowest BCUT2D eigenvalue weighted by Crippen LogP contribution is -2.31. The highest BCUT2D eigenvalue weighted by Gasteiger charge is 2.27. The van der Waals surface area contributed by atoms with Gasteiger partial charge in [0.2, 0.25) is 0 Å². The van der Waals surface area contributed by atoms with Crippen LogP contribution in [0.25, 0.3) is 11.3 Å². The van der Waals surface area contributed by atoms with Gasteiger partial charge in [-0.1, -0.05) is 18.2 Å². The van der Waals surface area contributed by atoms with Crippen LogP contribution in [0.4, 0.5) is 22.0 Å². The molecule has 8 heteroatoms. The number of nitrogens with one attached hydrogen (secondary N) is 4. The first-order chi connectivity index (χ1) is 15.2. The monoisotopic (exact) mass is 419 g/mol. The molecule has 160 valence electrons. The predicted molar refractivity (Wildman–Crippen MR) is 120 cm³/mol. The minimum atomic E-state index is -0.356. The Morgan fingerprint density at radius 3 is 2.84 bits per heavy atom. The summed E-state index contributed by atoms with van der Waals surface area (Å²) in [5.74, 6) is 0.545. The highest BCUT2D eigenvalue weighted by molar-refractivity contribution is 6.07. The van der Waals surface area contributed by atoms with Gasteiger partial charge in [0, 0.05) is 43.2 Å². The molecule has 8 nitrogen and oxygen atoms in total. The number of nitrogens with zero attached hydrogens (tertiary/aromatic N) is 1. The number of para-hydroxylation sites is 1. The second-order valence-electron chi connectivity index (χ2n) is 7.30. The number of hydrogen-bond donors (Lipinski definition) is 4.